The molecule has 4 aromatic carbocycles. The van der Waals surface area contributed by atoms with Crippen molar-refractivity contribution in [1.29, 1.82) is 5.26 Å². The van der Waals surface area contributed by atoms with Crippen molar-refractivity contribution in [1.82, 2.24) is 0 Å². The second-order valence-corrected chi connectivity index (χ2v) is 9.46. The molecule has 1 N–H and O–H groups in total. The fourth-order valence-corrected chi connectivity index (χ4v) is 4.49. The monoisotopic (exact) mass is 498 g/mol. The normalized spacial score (nSPS) is 11.5. The van der Waals surface area contributed by atoms with Gasteiger partial charge in [-0.2, -0.15) is 13.7 Å². The first-order valence-corrected chi connectivity index (χ1v) is 12.3. The van der Waals surface area contributed by atoms with Crippen LogP contribution in [0.2, 0.25) is 0 Å². The minimum atomic E-state index is -4.08. The summed E-state index contributed by atoms with van der Waals surface area (Å²) in [5.74, 6) is -0.463. The highest BCUT2D eigenvalue weighted by atomic mass is 32.2. The first-order chi connectivity index (χ1) is 17.3. The summed E-state index contributed by atoms with van der Waals surface area (Å²) in [4.78, 5) is 12.9. The number of carbonyl (C=O) groups is 1. The standard InChI is InChI=1S/C28H22N2O5S/c1-19-10-13-23(14-11-19)36(32,33)35-26-15-12-20(17-27(26)34-2)16-22(18-29)28(31)30-25-9-5-7-21-6-3-4-8-24(21)25/h3-17H,1-2H3,(H,30,31)/b22-16+. The largest absolute Gasteiger partial charge is 0.493 e. The zero-order valence-electron chi connectivity index (χ0n) is 19.6. The second kappa shape index (κ2) is 10.3. The van der Waals surface area contributed by atoms with Gasteiger partial charge in [-0.25, -0.2) is 0 Å². The lowest BCUT2D eigenvalue weighted by Gasteiger charge is -2.12. The van der Waals surface area contributed by atoms with E-state index in [-0.39, 0.29) is 22.0 Å². The Kier molecular flexibility index (Phi) is 7.04. The van der Waals surface area contributed by atoms with E-state index in [9.17, 15) is 18.5 Å². The summed E-state index contributed by atoms with van der Waals surface area (Å²) in [6, 6.07) is 25.7. The lowest BCUT2D eigenvalue weighted by atomic mass is 10.1. The van der Waals surface area contributed by atoms with Gasteiger partial charge in [0.2, 0.25) is 0 Å². The van der Waals surface area contributed by atoms with Crippen molar-refractivity contribution >= 4 is 38.6 Å². The summed E-state index contributed by atoms with van der Waals surface area (Å²) in [6.45, 7) is 1.85. The van der Waals surface area contributed by atoms with Crippen LogP contribution in [0, 0.1) is 18.3 Å². The predicted octanol–water partition coefficient (Wildman–Crippen LogP) is 5.47. The molecule has 0 aromatic heterocycles. The van der Waals surface area contributed by atoms with Crippen LogP contribution in [0.15, 0.2) is 95.4 Å². The third kappa shape index (κ3) is 5.37. The number of amides is 1. The summed E-state index contributed by atoms with van der Waals surface area (Å²) >= 11 is 0. The molecule has 0 aliphatic heterocycles. The number of carbonyl (C=O) groups excluding carboxylic acids is 1. The molecular weight excluding hydrogens is 476 g/mol. The van der Waals surface area contributed by atoms with Gasteiger partial charge in [0.05, 0.1) is 7.11 Å². The van der Waals surface area contributed by atoms with Crippen molar-refractivity contribution < 1.29 is 22.1 Å². The maximum absolute atomic E-state index is 12.8. The topological polar surface area (TPSA) is 105 Å². The van der Waals surface area contributed by atoms with Crippen LogP contribution in [-0.2, 0) is 14.9 Å². The second-order valence-electron chi connectivity index (χ2n) is 7.91. The summed E-state index contributed by atoms with van der Waals surface area (Å²) in [7, 11) is -2.71. The number of nitrogens with zero attached hydrogens (tertiary/aromatic N) is 1. The van der Waals surface area contributed by atoms with Crippen LogP contribution >= 0.6 is 0 Å². The Morgan fingerprint density at radius 3 is 2.39 bits per heavy atom. The number of anilines is 1. The number of hydrogen-bond acceptors (Lipinski definition) is 6. The predicted molar refractivity (Wildman–Crippen MR) is 138 cm³/mol. The Morgan fingerprint density at radius 2 is 1.67 bits per heavy atom. The molecular formula is C28H22N2O5S. The Bertz CT molecular complexity index is 1610. The molecule has 0 saturated carbocycles. The van der Waals surface area contributed by atoms with Gasteiger partial charge >= 0.3 is 10.1 Å². The molecule has 0 aliphatic carbocycles. The minimum absolute atomic E-state index is 0.0102. The van der Waals surface area contributed by atoms with E-state index in [1.807, 2.05) is 49.4 Å². The minimum Gasteiger partial charge on any atom is -0.493 e. The van der Waals surface area contributed by atoms with Gasteiger partial charge in [0.25, 0.3) is 5.91 Å². The Morgan fingerprint density at radius 1 is 0.944 bits per heavy atom. The fourth-order valence-electron chi connectivity index (χ4n) is 3.55. The van der Waals surface area contributed by atoms with E-state index in [2.05, 4.69) is 5.32 Å². The van der Waals surface area contributed by atoms with E-state index in [1.165, 1.54) is 43.5 Å². The van der Waals surface area contributed by atoms with Crippen LogP contribution in [-0.4, -0.2) is 21.4 Å². The number of nitrogens with one attached hydrogen (secondary N) is 1. The zero-order chi connectivity index (χ0) is 25.7. The van der Waals surface area contributed by atoms with E-state index in [1.54, 1.807) is 18.2 Å². The van der Waals surface area contributed by atoms with Gasteiger partial charge in [-0.05, 0) is 54.3 Å². The summed E-state index contributed by atoms with van der Waals surface area (Å²) in [5, 5.41) is 14.2. The highest BCUT2D eigenvalue weighted by Gasteiger charge is 2.19. The fraction of sp³-hybridized carbons (Fsp3) is 0.0714. The quantitative estimate of drug-likeness (QED) is 0.206. The molecule has 7 nitrogen and oxygen atoms in total. The van der Waals surface area contributed by atoms with Crippen molar-refractivity contribution in [2.24, 2.45) is 0 Å². The molecule has 0 spiro atoms. The van der Waals surface area contributed by atoms with Gasteiger partial charge in [0.1, 0.15) is 16.5 Å². The molecule has 0 fully saturated rings. The maximum atomic E-state index is 12.8. The molecule has 4 aromatic rings. The number of benzene rings is 4. The zero-order valence-corrected chi connectivity index (χ0v) is 20.4. The maximum Gasteiger partial charge on any atom is 0.339 e. The van der Waals surface area contributed by atoms with Crippen LogP contribution in [0.5, 0.6) is 11.5 Å². The molecule has 1 amide bonds. The van der Waals surface area contributed by atoms with E-state index in [0.717, 1.165) is 16.3 Å². The van der Waals surface area contributed by atoms with Crippen LogP contribution in [0.25, 0.3) is 16.8 Å². The Hall–Kier alpha value is -4.61. The molecule has 0 atom stereocenters. The molecule has 0 saturated heterocycles. The average molecular weight is 499 g/mol. The number of nitriles is 1. The van der Waals surface area contributed by atoms with Gasteiger partial charge < -0.3 is 14.2 Å². The van der Waals surface area contributed by atoms with Crippen molar-refractivity contribution in [2.45, 2.75) is 11.8 Å². The van der Waals surface area contributed by atoms with Crippen molar-refractivity contribution in [2.75, 3.05) is 12.4 Å². The van der Waals surface area contributed by atoms with Crippen LogP contribution < -0.4 is 14.2 Å². The van der Waals surface area contributed by atoms with Gasteiger partial charge in [-0.1, -0.05) is 60.2 Å². The summed E-state index contributed by atoms with van der Waals surface area (Å²) in [6.07, 6.45) is 1.39. The van der Waals surface area contributed by atoms with E-state index < -0.39 is 16.0 Å². The van der Waals surface area contributed by atoms with Crippen LogP contribution in [0.3, 0.4) is 0 Å². The molecule has 8 heteroatoms. The molecule has 0 aliphatic rings. The van der Waals surface area contributed by atoms with E-state index in [0.29, 0.717) is 11.3 Å². The van der Waals surface area contributed by atoms with Crippen LogP contribution in [0.1, 0.15) is 11.1 Å². The number of ether oxygens (including phenoxy) is 1. The Labute approximate surface area is 209 Å². The first kappa shape index (κ1) is 24.5. The molecule has 180 valence electrons. The van der Waals surface area contributed by atoms with Crippen molar-refractivity contribution in [3.05, 3.63) is 102 Å². The number of fused-ring (bicyclic) bond motifs is 1. The molecule has 4 rings (SSSR count). The lowest BCUT2D eigenvalue weighted by Crippen LogP contribution is -2.13. The smallest absolute Gasteiger partial charge is 0.339 e. The molecule has 0 heterocycles. The van der Waals surface area contributed by atoms with Gasteiger partial charge in [0.15, 0.2) is 11.5 Å². The first-order valence-electron chi connectivity index (χ1n) is 10.9. The van der Waals surface area contributed by atoms with E-state index >= 15 is 0 Å². The van der Waals surface area contributed by atoms with Crippen LogP contribution in [0.4, 0.5) is 5.69 Å². The van der Waals surface area contributed by atoms with Gasteiger partial charge in [-0.15, -0.1) is 0 Å². The van der Waals surface area contributed by atoms with Crippen molar-refractivity contribution in [3.63, 3.8) is 0 Å². The molecule has 0 bridgehead atoms. The third-order valence-corrected chi connectivity index (χ3v) is 6.66. The number of rotatable bonds is 7. The van der Waals surface area contributed by atoms with E-state index in [4.69, 9.17) is 8.92 Å². The number of aryl methyl sites for hydroxylation is 1. The van der Waals surface area contributed by atoms with Crippen molar-refractivity contribution in [3.8, 4) is 17.6 Å². The average Bonchev–Trinajstić information content (AvgIpc) is 2.88. The summed E-state index contributed by atoms with van der Waals surface area (Å²) < 4.78 is 35.9. The molecule has 36 heavy (non-hydrogen) atoms. The number of hydrogen-bond donors (Lipinski definition) is 1. The molecule has 0 unspecified atom stereocenters. The highest BCUT2D eigenvalue weighted by molar-refractivity contribution is 7.87. The number of methoxy groups -OCH3 is 1. The highest BCUT2D eigenvalue weighted by Crippen LogP contribution is 2.32. The Balaban J connectivity index is 1.58. The SMILES string of the molecule is COc1cc(/C=C(\C#N)C(=O)Nc2cccc3ccccc23)ccc1OS(=O)(=O)c1ccc(C)cc1. The van der Waals surface area contributed by atoms with Gasteiger partial charge in [0, 0.05) is 11.1 Å². The lowest BCUT2D eigenvalue weighted by molar-refractivity contribution is -0.112. The summed E-state index contributed by atoms with van der Waals surface area (Å²) in [5.41, 5.74) is 1.82. The third-order valence-electron chi connectivity index (χ3n) is 5.41. The van der Waals surface area contributed by atoms with Gasteiger partial charge in [-0.3, -0.25) is 4.79 Å². The molecule has 0 radical (unpaired) electrons.